The Morgan fingerprint density at radius 2 is 2.06 bits per heavy atom. The topological polar surface area (TPSA) is 94.9 Å². The maximum Gasteiger partial charge on any atom is 0.235 e. The number of rotatable bonds is 5. The normalized spacial score (nSPS) is 11.2. The number of amides is 2. The van der Waals surface area contributed by atoms with Crippen molar-refractivity contribution in [1.29, 1.82) is 0 Å². The molecule has 6 heteroatoms. The SMILES string of the molecule is CC[C@@H](N=[N+]=[N-])C(=O)NC(=O)Cc1ccccc1. The highest BCUT2D eigenvalue weighted by Crippen LogP contribution is 2.01. The maximum atomic E-state index is 11.6. The Kier molecular flexibility index (Phi) is 5.41. The summed E-state index contributed by atoms with van der Waals surface area (Å²) in [7, 11) is 0. The zero-order valence-corrected chi connectivity index (χ0v) is 10.0. The van der Waals surface area contributed by atoms with Crippen LogP contribution in [0.15, 0.2) is 35.4 Å². The van der Waals surface area contributed by atoms with Crippen molar-refractivity contribution in [2.45, 2.75) is 25.8 Å². The molecule has 1 atom stereocenters. The summed E-state index contributed by atoms with van der Waals surface area (Å²) in [5.41, 5.74) is 9.10. The highest BCUT2D eigenvalue weighted by atomic mass is 16.2. The van der Waals surface area contributed by atoms with Gasteiger partial charge in [0.2, 0.25) is 11.8 Å². The predicted octanol–water partition coefficient (Wildman–Crippen LogP) is 1.96. The zero-order valence-electron chi connectivity index (χ0n) is 10.0. The van der Waals surface area contributed by atoms with Gasteiger partial charge >= 0.3 is 0 Å². The van der Waals surface area contributed by atoms with Crippen molar-refractivity contribution in [2.75, 3.05) is 0 Å². The van der Waals surface area contributed by atoms with Gasteiger partial charge in [0.1, 0.15) is 6.04 Å². The van der Waals surface area contributed by atoms with Crippen molar-refractivity contribution in [2.24, 2.45) is 5.11 Å². The standard InChI is InChI=1S/C12H14N4O2/c1-2-10(15-16-13)12(18)14-11(17)8-9-6-4-3-5-7-9/h3-7,10H,2,8H2,1H3,(H,14,17,18)/t10-/m1/s1. The number of nitrogens with one attached hydrogen (secondary N) is 1. The fraction of sp³-hybridized carbons (Fsp3) is 0.333. The van der Waals surface area contributed by atoms with Gasteiger partial charge in [-0.05, 0) is 17.5 Å². The van der Waals surface area contributed by atoms with E-state index in [4.69, 9.17) is 5.53 Å². The molecule has 0 aliphatic heterocycles. The van der Waals surface area contributed by atoms with Crippen molar-refractivity contribution in [1.82, 2.24) is 5.32 Å². The number of benzene rings is 1. The lowest BCUT2D eigenvalue weighted by molar-refractivity contribution is -0.130. The van der Waals surface area contributed by atoms with E-state index in [1.54, 1.807) is 19.1 Å². The lowest BCUT2D eigenvalue weighted by Crippen LogP contribution is -2.38. The van der Waals surface area contributed by atoms with Crippen LogP contribution < -0.4 is 5.32 Å². The fourth-order valence-corrected chi connectivity index (χ4v) is 1.43. The van der Waals surface area contributed by atoms with Crippen LogP contribution in [0.1, 0.15) is 18.9 Å². The minimum atomic E-state index is -0.838. The van der Waals surface area contributed by atoms with Crippen LogP contribution in [0.4, 0.5) is 0 Å². The van der Waals surface area contributed by atoms with Gasteiger partial charge in [0.05, 0.1) is 6.42 Å². The molecule has 2 amide bonds. The number of carbonyl (C=O) groups excluding carboxylic acids is 2. The second-order valence-corrected chi connectivity index (χ2v) is 3.70. The predicted molar refractivity (Wildman–Crippen MR) is 66.5 cm³/mol. The summed E-state index contributed by atoms with van der Waals surface area (Å²) < 4.78 is 0. The van der Waals surface area contributed by atoms with Crippen LogP contribution in [0.25, 0.3) is 10.4 Å². The molecule has 0 aliphatic carbocycles. The highest BCUT2D eigenvalue weighted by molar-refractivity contribution is 5.98. The summed E-state index contributed by atoms with van der Waals surface area (Å²) in [5, 5.41) is 5.54. The van der Waals surface area contributed by atoms with Crippen LogP contribution in [0, 0.1) is 0 Å². The van der Waals surface area contributed by atoms with E-state index in [-0.39, 0.29) is 6.42 Å². The second kappa shape index (κ2) is 7.09. The summed E-state index contributed by atoms with van der Waals surface area (Å²) in [6, 6.07) is 8.25. The Balaban J connectivity index is 2.54. The summed E-state index contributed by atoms with van der Waals surface area (Å²) in [5.74, 6) is -0.964. The van der Waals surface area contributed by atoms with E-state index in [1.807, 2.05) is 18.2 Å². The molecule has 94 valence electrons. The molecule has 0 fully saturated rings. The quantitative estimate of drug-likeness (QED) is 0.488. The second-order valence-electron chi connectivity index (χ2n) is 3.70. The van der Waals surface area contributed by atoms with Crippen LogP contribution in [0.2, 0.25) is 0 Å². The van der Waals surface area contributed by atoms with Crippen molar-refractivity contribution in [3.63, 3.8) is 0 Å². The fourth-order valence-electron chi connectivity index (χ4n) is 1.43. The molecule has 0 saturated carbocycles. The van der Waals surface area contributed by atoms with Crippen molar-refractivity contribution >= 4 is 11.8 Å². The first-order valence-corrected chi connectivity index (χ1v) is 5.59. The van der Waals surface area contributed by atoms with Gasteiger partial charge in [-0.15, -0.1) is 0 Å². The van der Waals surface area contributed by atoms with Gasteiger partial charge in [-0.25, -0.2) is 0 Å². The third-order valence-electron chi connectivity index (χ3n) is 2.35. The molecule has 0 saturated heterocycles. The van der Waals surface area contributed by atoms with E-state index < -0.39 is 17.9 Å². The van der Waals surface area contributed by atoms with Gasteiger partial charge in [-0.2, -0.15) is 0 Å². The Bertz CT molecular complexity index is 466. The molecule has 0 heterocycles. The van der Waals surface area contributed by atoms with E-state index in [2.05, 4.69) is 15.3 Å². The van der Waals surface area contributed by atoms with E-state index in [0.717, 1.165) is 5.56 Å². The van der Waals surface area contributed by atoms with Crippen molar-refractivity contribution in [3.05, 3.63) is 46.3 Å². The van der Waals surface area contributed by atoms with Gasteiger partial charge in [0.15, 0.2) is 0 Å². The van der Waals surface area contributed by atoms with Crippen LogP contribution in [-0.4, -0.2) is 17.9 Å². The summed E-state index contributed by atoms with van der Waals surface area (Å²) >= 11 is 0. The van der Waals surface area contributed by atoms with Gasteiger partial charge in [-0.1, -0.05) is 42.4 Å². The smallest absolute Gasteiger partial charge is 0.235 e. The molecule has 0 spiro atoms. The molecule has 6 nitrogen and oxygen atoms in total. The van der Waals surface area contributed by atoms with Gasteiger partial charge < -0.3 is 0 Å². The Labute approximate surface area is 105 Å². The average Bonchev–Trinajstić information content (AvgIpc) is 2.36. The first kappa shape index (κ1) is 13.7. The third-order valence-corrected chi connectivity index (χ3v) is 2.35. The minimum Gasteiger partial charge on any atom is -0.296 e. The largest absolute Gasteiger partial charge is 0.296 e. The molecule has 0 bridgehead atoms. The number of hydrogen-bond acceptors (Lipinski definition) is 3. The first-order chi connectivity index (χ1) is 8.67. The maximum absolute atomic E-state index is 11.6. The third kappa shape index (κ3) is 4.27. The van der Waals surface area contributed by atoms with Crippen molar-refractivity contribution in [3.8, 4) is 0 Å². The van der Waals surface area contributed by atoms with Crippen LogP contribution >= 0.6 is 0 Å². The van der Waals surface area contributed by atoms with Crippen LogP contribution in [0.5, 0.6) is 0 Å². The Morgan fingerprint density at radius 1 is 1.39 bits per heavy atom. The average molecular weight is 246 g/mol. The monoisotopic (exact) mass is 246 g/mol. The summed E-state index contributed by atoms with van der Waals surface area (Å²) in [6.45, 7) is 1.71. The minimum absolute atomic E-state index is 0.124. The molecule has 0 unspecified atom stereocenters. The molecule has 1 aromatic rings. The van der Waals surface area contributed by atoms with E-state index in [9.17, 15) is 9.59 Å². The molecular formula is C12H14N4O2. The lowest BCUT2D eigenvalue weighted by atomic mass is 10.1. The zero-order chi connectivity index (χ0) is 13.4. The number of hydrogen-bond donors (Lipinski definition) is 1. The number of azide groups is 1. The van der Waals surface area contributed by atoms with Crippen molar-refractivity contribution < 1.29 is 9.59 Å². The molecule has 18 heavy (non-hydrogen) atoms. The first-order valence-electron chi connectivity index (χ1n) is 5.59. The summed E-state index contributed by atoms with van der Waals surface area (Å²) in [6.07, 6.45) is 0.480. The van der Waals surface area contributed by atoms with E-state index in [1.165, 1.54) is 0 Å². The van der Waals surface area contributed by atoms with Gasteiger partial charge in [0, 0.05) is 4.91 Å². The van der Waals surface area contributed by atoms with E-state index >= 15 is 0 Å². The Morgan fingerprint density at radius 3 is 2.61 bits per heavy atom. The number of imide groups is 1. The summed E-state index contributed by atoms with van der Waals surface area (Å²) in [4.78, 5) is 25.7. The number of carbonyl (C=O) groups is 2. The lowest BCUT2D eigenvalue weighted by Gasteiger charge is -2.08. The van der Waals surface area contributed by atoms with Gasteiger partial charge in [0.25, 0.3) is 0 Å². The molecule has 0 aromatic heterocycles. The molecule has 1 aromatic carbocycles. The molecule has 1 rings (SSSR count). The highest BCUT2D eigenvalue weighted by Gasteiger charge is 2.17. The molecular weight excluding hydrogens is 232 g/mol. The molecule has 0 aliphatic rings. The molecule has 1 N–H and O–H groups in total. The van der Waals surface area contributed by atoms with E-state index in [0.29, 0.717) is 6.42 Å². The Hall–Kier alpha value is -2.33. The van der Waals surface area contributed by atoms with Crippen LogP contribution in [0.3, 0.4) is 0 Å². The number of nitrogens with zero attached hydrogens (tertiary/aromatic N) is 3. The van der Waals surface area contributed by atoms with Gasteiger partial charge in [-0.3, -0.25) is 14.9 Å². The van der Waals surface area contributed by atoms with Crippen LogP contribution in [-0.2, 0) is 16.0 Å². The molecule has 0 radical (unpaired) electrons.